The minimum absolute atomic E-state index is 0.289. The fourth-order valence-electron chi connectivity index (χ4n) is 3.61. The van der Waals surface area contributed by atoms with Gasteiger partial charge in [0, 0.05) is 38.8 Å². The second-order valence-electron chi connectivity index (χ2n) is 7.39. The molecule has 0 atom stereocenters. The second kappa shape index (κ2) is 8.71. The third-order valence-electron chi connectivity index (χ3n) is 5.08. The summed E-state index contributed by atoms with van der Waals surface area (Å²) in [6.45, 7) is 1.25. The lowest BCUT2D eigenvalue weighted by atomic mass is 10.2. The zero-order valence-electron chi connectivity index (χ0n) is 18.1. The Morgan fingerprint density at radius 2 is 1.97 bits per heavy atom. The van der Waals surface area contributed by atoms with Gasteiger partial charge in [0.05, 0.1) is 35.4 Å². The highest BCUT2D eigenvalue weighted by molar-refractivity contribution is 5.96. The summed E-state index contributed by atoms with van der Waals surface area (Å²) < 4.78 is 12.4. The molecule has 0 aliphatic heterocycles. The van der Waals surface area contributed by atoms with Crippen LogP contribution in [0.3, 0.4) is 0 Å². The number of rotatable bonds is 8. The SMILES string of the molecule is COCCOc1ccc2nc(-c3c(NCc4ncccn4)c4nn(C)cc4[nH]c3=O)[nH]c2c1. The number of benzene rings is 1. The summed E-state index contributed by atoms with van der Waals surface area (Å²) in [5.74, 6) is 1.70. The number of methoxy groups -OCH3 is 1. The van der Waals surface area contributed by atoms with Gasteiger partial charge in [-0.3, -0.25) is 9.48 Å². The van der Waals surface area contributed by atoms with Crippen LogP contribution in [0.25, 0.3) is 33.5 Å². The number of imidazole rings is 1. The molecule has 0 radical (unpaired) electrons. The van der Waals surface area contributed by atoms with E-state index in [1.165, 1.54) is 0 Å². The number of nitrogens with one attached hydrogen (secondary N) is 3. The zero-order valence-corrected chi connectivity index (χ0v) is 18.1. The van der Waals surface area contributed by atoms with Crippen LogP contribution in [0.2, 0.25) is 0 Å². The molecule has 11 heteroatoms. The number of anilines is 1. The molecule has 0 amide bonds. The van der Waals surface area contributed by atoms with Gasteiger partial charge in [-0.25, -0.2) is 15.0 Å². The highest BCUT2D eigenvalue weighted by Crippen LogP contribution is 2.31. The number of hydrogen-bond donors (Lipinski definition) is 3. The molecule has 168 valence electrons. The van der Waals surface area contributed by atoms with Gasteiger partial charge in [-0.15, -0.1) is 0 Å². The number of aromatic amines is 2. The summed E-state index contributed by atoms with van der Waals surface area (Å²) in [5.41, 5.74) is 3.31. The van der Waals surface area contributed by atoms with Gasteiger partial charge in [-0.1, -0.05) is 0 Å². The van der Waals surface area contributed by atoms with Crippen molar-refractivity contribution in [3.05, 3.63) is 59.0 Å². The average molecular weight is 446 g/mol. The number of hydrogen-bond acceptors (Lipinski definition) is 8. The molecule has 0 spiro atoms. The molecular formula is C22H22N8O3. The molecule has 33 heavy (non-hydrogen) atoms. The van der Waals surface area contributed by atoms with Crippen LogP contribution in [0.4, 0.5) is 5.69 Å². The van der Waals surface area contributed by atoms with Crippen molar-refractivity contribution in [1.29, 1.82) is 0 Å². The Balaban J connectivity index is 1.58. The van der Waals surface area contributed by atoms with Gasteiger partial charge < -0.3 is 24.8 Å². The monoisotopic (exact) mass is 446 g/mol. The lowest BCUT2D eigenvalue weighted by Gasteiger charge is -2.10. The van der Waals surface area contributed by atoms with Gasteiger partial charge in [0.2, 0.25) is 0 Å². The second-order valence-corrected chi connectivity index (χ2v) is 7.39. The van der Waals surface area contributed by atoms with Gasteiger partial charge in [0.1, 0.15) is 35.1 Å². The van der Waals surface area contributed by atoms with E-state index in [0.29, 0.717) is 65.0 Å². The summed E-state index contributed by atoms with van der Waals surface area (Å²) >= 11 is 0. The first kappa shape index (κ1) is 20.6. The Hall–Kier alpha value is -4.25. The number of nitrogens with zero attached hydrogens (tertiary/aromatic N) is 5. The van der Waals surface area contributed by atoms with Crippen LogP contribution in [0, 0.1) is 0 Å². The van der Waals surface area contributed by atoms with Gasteiger partial charge >= 0.3 is 0 Å². The van der Waals surface area contributed by atoms with Crippen LogP contribution in [-0.4, -0.2) is 55.0 Å². The first-order chi connectivity index (χ1) is 16.1. The third-order valence-corrected chi connectivity index (χ3v) is 5.08. The van der Waals surface area contributed by atoms with Gasteiger partial charge in [-0.05, 0) is 18.2 Å². The largest absolute Gasteiger partial charge is 0.491 e. The number of aromatic nitrogens is 7. The Bertz CT molecular complexity index is 1470. The van der Waals surface area contributed by atoms with Crippen LogP contribution < -0.4 is 15.6 Å². The predicted octanol–water partition coefficient (Wildman–Crippen LogP) is 2.23. The first-order valence-corrected chi connectivity index (χ1v) is 10.3. The minimum Gasteiger partial charge on any atom is -0.491 e. The van der Waals surface area contributed by atoms with Crippen molar-refractivity contribution < 1.29 is 9.47 Å². The summed E-state index contributed by atoms with van der Waals surface area (Å²) in [6, 6.07) is 7.28. The summed E-state index contributed by atoms with van der Waals surface area (Å²) in [6.07, 6.45) is 5.10. The van der Waals surface area contributed by atoms with Gasteiger partial charge in [0.15, 0.2) is 0 Å². The van der Waals surface area contributed by atoms with Crippen molar-refractivity contribution in [1.82, 2.24) is 34.7 Å². The molecule has 0 unspecified atom stereocenters. The Morgan fingerprint density at radius 3 is 2.79 bits per heavy atom. The molecule has 0 saturated heterocycles. The van der Waals surface area contributed by atoms with Crippen molar-refractivity contribution in [2.24, 2.45) is 7.05 Å². The van der Waals surface area contributed by atoms with Crippen molar-refractivity contribution in [2.75, 3.05) is 25.6 Å². The molecule has 1 aromatic carbocycles. The smallest absolute Gasteiger partial charge is 0.261 e. The number of ether oxygens (including phenoxy) is 2. The Labute approximate surface area is 187 Å². The molecule has 0 aliphatic carbocycles. The molecule has 5 rings (SSSR count). The van der Waals surface area contributed by atoms with Crippen LogP contribution in [0.5, 0.6) is 5.75 Å². The lowest BCUT2D eigenvalue weighted by Crippen LogP contribution is -2.15. The summed E-state index contributed by atoms with van der Waals surface area (Å²) in [4.78, 5) is 32.4. The minimum atomic E-state index is -0.289. The van der Waals surface area contributed by atoms with Crippen molar-refractivity contribution >= 4 is 27.8 Å². The molecule has 0 bridgehead atoms. The highest BCUT2D eigenvalue weighted by atomic mass is 16.5. The van der Waals surface area contributed by atoms with E-state index in [2.05, 4.69) is 35.3 Å². The maximum atomic E-state index is 13.1. The number of H-pyrrole nitrogens is 2. The van der Waals surface area contributed by atoms with E-state index in [1.54, 1.807) is 43.5 Å². The lowest BCUT2D eigenvalue weighted by molar-refractivity contribution is 0.146. The van der Waals surface area contributed by atoms with E-state index in [1.807, 2.05) is 18.2 Å². The van der Waals surface area contributed by atoms with E-state index >= 15 is 0 Å². The van der Waals surface area contributed by atoms with Crippen LogP contribution >= 0.6 is 0 Å². The topological polar surface area (TPSA) is 136 Å². The molecule has 0 fully saturated rings. The van der Waals surface area contributed by atoms with Crippen LogP contribution in [0.1, 0.15) is 5.82 Å². The molecule has 4 aromatic heterocycles. The molecule has 0 saturated carbocycles. The Kier molecular flexibility index (Phi) is 5.45. The first-order valence-electron chi connectivity index (χ1n) is 10.3. The fraction of sp³-hybridized carbons (Fsp3) is 0.227. The van der Waals surface area contributed by atoms with E-state index in [0.717, 1.165) is 5.52 Å². The fourth-order valence-corrected chi connectivity index (χ4v) is 3.61. The molecule has 5 aromatic rings. The normalized spacial score (nSPS) is 11.3. The van der Waals surface area contributed by atoms with E-state index in [9.17, 15) is 4.79 Å². The van der Waals surface area contributed by atoms with Crippen LogP contribution in [-0.2, 0) is 18.3 Å². The maximum Gasteiger partial charge on any atom is 0.261 e. The van der Waals surface area contributed by atoms with E-state index in [4.69, 9.17) is 9.47 Å². The van der Waals surface area contributed by atoms with Crippen molar-refractivity contribution in [3.8, 4) is 17.1 Å². The van der Waals surface area contributed by atoms with Gasteiger partial charge in [0.25, 0.3) is 5.56 Å². The van der Waals surface area contributed by atoms with E-state index < -0.39 is 0 Å². The molecule has 4 heterocycles. The van der Waals surface area contributed by atoms with Crippen LogP contribution in [0.15, 0.2) is 47.7 Å². The van der Waals surface area contributed by atoms with Crippen molar-refractivity contribution in [2.45, 2.75) is 6.54 Å². The average Bonchev–Trinajstić information content (AvgIpc) is 3.40. The molecule has 0 aliphatic rings. The van der Waals surface area contributed by atoms with Gasteiger partial charge in [-0.2, -0.15) is 5.10 Å². The molecular weight excluding hydrogens is 424 g/mol. The standard InChI is InChI=1S/C22H22N8O3/c1-30-12-16-19(29-30)20(25-11-17-23-6-3-7-24-17)18(22(31)28-16)21-26-14-5-4-13(10-15(14)27-21)33-9-8-32-2/h3-7,10,12,25H,8-9,11H2,1-2H3,(H,26,27)(H,28,31). The molecule has 11 nitrogen and oxygen atoms in total. The predicted molar refractivity (Wildman–Crippen MR) is 123 cm³/mol. The Morgan fingerprint density at radius 1 is 1.12 bits per heavy atom. The quantitative estimate of drug-likeness (QED) is 0.309. The number of fused-ring (bicyclic) bond motifs is 2. The van der Waals surface area contributed by atoms with Crippen molar-refractivity contribution in [3.63, 3.8) is 0 Å². The maximum absolute atomic E-state index is 13.1. The summed E-state index contributed by atoms with van der Waals surface area (Å²) in [5, 5.41) is 7.83. The summed E-state index contributed by atoms with van der Waals surface area (Å²) in [7, 11) is 3.42. The number of pyridine rings is 1. The third kappa shape index (κ3) is 4.13. The van der Waals surface area contributed by atoms with E-state index in [-0.39, 0.29) is 5.56 Å². The number of aryl methyl sites for hydroxylation is 1. The highest BCUT2D eigenvalue weighted by Gasteiger charge is 2.20. The molecule has 3 N–H and O–H groups in total. The zero-order chi connectivity index (χ0) is 22.8.